The molecular weight excluding hydrogens is 368 g/mol. The van der Waals surface area contributed by atoms with E-state index < -0.39 is 12.1 Å². The molecule has 2 aromatic carbocycles. The first-order valence-electron chi connectivity index (χ1n) is 7.99. The molecule has 1 aliphatic heterocycles. The molecule has 0 aromatic heterocycles. The molecule has 1 unspecified atom stereocenters. The minimum atomic E-state index is -1.04. The average molecular weight is 384 g/mol. The minimum Gasteiger partial charge on any atom is -0.508 e. The van der Waals surface area contributed by atoms with Gasteiger partial charge >= 0.3 is 5.97 Å². The largest absolute Gasteiger partial charge is 0.508 e. The van der Waals surface area contributed by atoms with Crippen LogP contribution in [0.3, 0.4) is 0 Å². The molecule has 3 rings (SSSR count). The number of hydrogen-bond acceptors (Lipinski definition) is 6. The molecule has 0 aliphatic carbocycles. The first-order valence-corrected chi connectivity index (χ1v) is 8.80. The lowest BCUT2D eigenvalue weighted by molar-refractivity contribution is -0.144. The second-order valence-corrected chi connectivity index (χ2v) is 6.70. The third-order valence-electron chi connectivity index (χ3n) is 3.55. The molecule has 1 amide bonds. The van der Waals surface area contributed by atoms with Crippen LogP contribution in [-0.2, 0) is 9.59 Å². The summed E-state index contributed by atoms with van der Waals surface area (Å²) in [4.78, 5) is 27.7. The van der Waals surface area contributed by atoms with Crippen LogP contribution in [0.5, 0.6) is 11.5 Å². The van der Waals surface area contributed by atoms with Crippen molar-refractivity contribution in [3.8, 4) is 11.5 Å². The number of carbonyl (C=O) groups excluding carboxylic acids is 1. The van der Waals surface area contributed by atoms with E-state index in [1.165, 1.54) is 24.8 Å². The van der Waals surface area contributed by atoms with E-state index in [-0.39, 0.29) is 11.7 Å². The number of ether oxygens (including phenoxy) is 1. The van der Waals surface area contributed by atoms with Gasteiger partial charge in [-0.05, 0) is 54.6 Å². The summed E-state index contributed by atoms with van der Waals surface area (Å²) in [5, 5.41) is 21.4. The summed E-state index contributed by atoms with van der Waals surface area (Å²) >= 11 is 1.19. The van der Waals surface area contributed by atoms with Crippen LogP contribution < -0.4 is 10.1 Å². The molecule has 0 spiro atoms. The van der Waals surface area contributed by atoms with Crippen molar-refractivity contribution in [3.05, 3.63) is 59.0 Å². The second-order valence-electron chi connectivity index (χ2n) is 5.67. The lowest BCUT2D eigenvalue weighted by Gasteiger charge is -2.10. The predicted octanol–water partition coefficient (Wildman–Crippen LogP) is 3.14. The zero-order chi connectivity index (χ0) is 19.4. The standard InChI is InChI=1S/C19H16N2O5S/c1-11(18(24)25)26-15-7-5-12(6-8-15)9-16-17(23)21-19(27-16)20-13-3-2-4-14(22)10-13/h2-11,22H,1H3,(H,24,25)(H,20,21,23)/b16-9-. The third kappa shape index (κ3) is 4.89. The van der Waals surface area contributed by atoms with Crippen LogP contribution >= 0.6 is 11.8 Å². The molecule has 27 heavy (non-hydrogen) atoms. The number of carbonyl (C=O) groups is 2. The number of amides is 1. The number of carboxylic acid groups (broad SMARTS) is 1. The van der Waals surface area contributed by atoms with Crippen LogP contribution in [0.25, 0.3) is 6.08 Å². The number of carboxylic acids is 1. The second kappa shape index (κ2) is 7.96. The molecule has 1 heterocycles. The number of nitrogens with one attached hydrogen (secondary N) is 1. The predicted molar refractivity (Wildman–Crippen MR) is 103 cm³/mol. The van der Waals surface area contributed by atoms with Gasteiger partial charge < -0.3 is 20.3 Å². The van der Waals surface area contributed by atoms with Crippen molar-refractivity contribution in [2.24, 2.45) is 4.99 Å². The molecule has 0 radical (unpaired) electrons. The van der Waals surface area contributed by atoms with E-state index in [1.807, 2.05) is 0 Å². The number of thioether (sulfide) groups is 1. The topological polar surface area (TPSA) is 108 Å². The van der Waals surface area contributed by atoms with Gasteiger partial charge in [0.2, 0.25) is 0 Å². The maximum atomic E-state index is 12.1. The van der Waals surface area contributed by atoms with Gasteiger partial charge in [-0.2, -0.15) is 0 Å². The lowest BCUT2D eigenvalue weighted by Crippen LogP contribution is -2.22. The van der Waals surface area contributed by atoms with Gasteiger partial charge in [0.25, 0.3) is 5.91 Å². The minimum absolute atomic E-state index is 0.0986. The molecule has 2 aromatic rings. The van der Waals surface area contributed by atoms with Crippen molar-refractivity contribution in [2.75, 3.05) is 0 Å². The molecule has 3 N–H and O–H groups in total. The van der Waals surface area contributed by atoms with Crippen LogP contribution in [0, 0.1) is 0 Å². The normalized spacial score (nSPS) is 17.7. The van der Waals surface area contributed by atoms with Crippen molar-refractivity contribution in [3.63, 3.8) is 0 Å². The Morgan fingerprint density at radius 1 is 1.26 bits per heavy atom. The molecule has 1 atom stereocenters. The lowest BCUT2D eigenvalue weighted by atomic mass is 10.2. The van der Waals surface area contributed by atoms with Crippen molar-refractivity contribution >= 4 is 40.6 Å². The first-order chi connectivity index (χ1) is 12.9. The van der Waals surface area contributed by atoms with Crippen molar-refractivity contribution in [2.45, 2.75) is 13.0 Å². The van der Waals surface area contributed by atoms with E-state index in [4.69, 9.17) is 9.84 Å². The number of aliphatic carboxylic acids is 1. The SMILES string of the molecule is CC(Oc1ccc(/C=C2\SC(=Nc3cccc(O)c3)NC2=O)cc1)C(=O)O. The van der Waals surface area contributed by atoms with Gasteiger partial charge in [-0.1, -0.05) is 18.2 Å². The van der Waals surface area contributed by atoms with Gasteiger partial charge in [0.15, 0.2) is 11.3 Å². The Morgan fingerprint density at radius 2 is 2.00 bits per heavy atom. The number of aliphatic imine (C=N–C) groups is 1. The number of rotatable bonds is 5. The van der Waals surface area contributed by atoms with Crippen LogP contribution in [0.2, 0.25) is 0 Å². The highest BCUT2D eigenvalue weighted by Gasteiger charge is 2.23. The van der Waals surface area contributed by atoms with Crippen LogP contribution in [0.1, 0.15) is 12.5 Å². The number of nitrogens with zero attached hydrogens (tertiary/aromatic N) is 1. The Morgan fingerprint density at radius 3 is 2.67 bits per heavy atom. The van der Waals surface area contributed by atoms with Gasteiger partial charge in [0.1, 0.15) is 11.5 Å². The van der Waals surface area contributed by atoms with E-state index in [0.717, 1.165) is 5.56 Å². The molecule has 1 fully saturated rings. The van der Waals surface area contributed by atoms with Gasteiger partial charge in [0.05, 0.1) is 10.6 Å². The number of aromatic hydroxyl groups is 1. The van der Waals surface area contributed by atoms with Gasteiger partial charge in [-0.15, -0.1) is 0 Å². The number of hydrogen-bond donors (Lipinski definition) is 3. The maximum absolute atomic E-state index is 12.1. The quantitative estimate of drug-likeness (QED) is 0.684. The van der Waals surface area contributed by atoms with Crippen LogP contribution in [0.4, 0.5) is 5.69 Å². The third-order valence-corrected chi connectivity index (χ3v) is 4.46. The van der Waals surface area contributed by atoms with E-state index in [0.29, 0.717) is 21.5 Å². The summed E-state index contributed by atoms with van der Waals surface area (Å²) in [5.74, 6) is -0.777. The fourth-order valence-corrected chi connectivity index (χ4v) is 3.05. The Bertz CT molecular complexity index is 937. The fourth-order valence-electron chi connectivity index (χ4n) is 2.21. The number of phenolic OH excluding ortho intramolecular Hbond substituents is 1. The van der Waals surface area contributed by atoms with Gasteiger partial charge in [-0.25, -0.2) is 9.79 Å². The average Bonchev–Trinajstić information content (AvgIpc) is 2.95. The van der Waals surface area contributed by atoms with Gasteiger partial charge in [0, 0.05) is 6.07 Å². The Labute approximate surface area is 159 Å². The van der Waals surface area contributed by atoms with Crippen molar-refractivity contribution < 1.29 is 24.5 Å². The van der Waals surface area contributed by atoms with E-state index in [2.05, 4.69) is 10.3 Å². The van der Waals surface area contributed by atoms with Crippen LogP contribution in [-0.4, -0.2) is 33.4 Å². The Hall–Kier alpha value is -3.26. The molecule has 7 nitrogen and oxygen atoms in total. The van der Waals surface area contributed by atoms with E-state index in [1.54, 1.807) is 48.5 Å². The zero-order valence-electron chi connectivity index (χ0n) is 14.2. The number of amidine groups is 1. The molecule has 138 valence electrons. The smallest absolute Gasteiger partial charge is 0.344 e. The van der Waals surface area contributed by atoms with E-state index in [9.17, 15) is 14.7 Å². The summed E-state index contributed by atoms with van der Waals surface area (Å²) in [6, 6.07) is 13.2. The van der Waals surface area contributed by atoms with E-state index >= 15 is 0 Å². The highest BCUT2D eigenvalue weighted by atomic mass is 32.2. The monoisotopic (exact) mass is 384 g/mol. The summed E-state index contributed by atoms with van der Waals surface area (Å²) in [5.41, 5.74) is 1.30. The Balaban J connectivity index is 1.72. The summed E-state index contributed by atoms with van der Waals surface area (Å²) in [6.07, 6.45) is 0.761. The summed E-state index contributed by atoms with van der Waals surface area (Å²) < 4.78 is 5.27. The highest BCUT2D eigenvalue weighted by molar-refractivity contribution is 8.18. The fraction of sp³-hybridized carbons (Fsp3) is 0.105. The number of benzene rings is 2. The molecule has 1 saturated heterocycles. The molecular formula is C19H16N2O5S. The molecule has 0 bridgehead atoms. The molecule has 0 saturated carbocycles. The number of phenols is 1. The van der Waals surface area contributed by atoms with Crippen molar-refractivity contribution in [1.82, 2.24) is 5.32 Å². The zero-order valence-corrected chi connectivity index (χ0v) is 15.1. The highest BCUT2D eigenvalue weighted by Crippen LogP contribution is 2.29. The van der Waals surface area contributed by atoms with Gasteiger partial charge in [-0.3, -0.25) is 4.79 Å². The maximum Gasteiger partial charge on any atom is 0.344 e. The van der Waals surface area contributed by atoms with Crippen molar-refractivity contribution in [1.29, 1.82) is 0 Å². The molecule has 8 heteroatoms. The summed E-state index contributed by atoms with van der Waals surface area (Å²) in [7, 11) is 0. The molecule has 1 aliphatic rings. The first kappa shape index (κ1) is 18.5. The van der Waals surface area contributed by atoms with Crippen LogP contribution in [0.15, 0.2) is 58.4 Å². The summed E-state index contributed by atoms with van der Waals surface area (Å²) in [6.45, 7) is 1.45. The Kier molecular flexibility index (Phi) is 5.46.